The molecule has 4 rings (SSSR count). The molecule has 0 bridgehead atoms. The smallest absolute Gasteiger partial charge is 0.228 e. The maximum Gasteiger partial charge on any atom is 0.228 e. The summed E-state index contributed by atoms with van der Waals surface area (Å²) in [6, 6.07) is 8.08. The molecule has 1 aliphatic carbocycles. The first-order valence-corrected chi connectivity index (χ1v) is 9.82. The van der Waals surface area contributed by atoms with Crippen LogP contribution in [0.3, 0.4) is 0 Å². The van der Waals surface area contributed by atoms with Gasteiger partial charge in [0.15, 0.2) is 0 Å². The zero-order valence-electron chi connectivity index (χ0n) is 17.4. The van der Waals surface area contributed by atoms with Crippen LogP contribution in [0.5, 0.6) is 5.75 Å². The van der Waals surface area contributed by atoms with Crippen LogP contribution in [-0.2, 0) is 26.3 Å². The van der Waals surface area contributed by atoms with Gasteiger partial charge in [-0.05, 0) is 48.4 Å². The number of nitrogens with zero attached hydrogens (tertiary/aromatic N) is 4. The average molecular weight is 403 g/mol. The minimum absolute atomic E-state index is 0.211. The van der Waals surface area contributed by atoms with E-state index in [0.717, 1.165) is 58.8 Å². The van der Waals surface area contributed by atoms with Gasteiger partial charge in [-0.25, -0.2) is 9.97 Å². The number of aromatic nitrogens is 4. The topological polar surface area (TPSA) is 101 Å². The van der Waals surface area contributed by atoms with E-state index in [1.165, 1.54) is 0 Å². The minimum atomic E-state index is 0.211. The van der Waals surface area contributed by atoms with Gasteiger partial charge >= 0.3 is 0 Å². The molecule has 1 aliphatic rings. The lowest BCUT2D eigenvalue weighted by Gasteiger charge is -2.17. The molecule has 0 atom stereocenters. The normalized spacial score (nSPS) is 12.4. The van der Waals surface area contributed by atoms with Crippen LogP contribution in [0.25, 0.3) is 11.3 Å². The number of benzene rings is 1. The summed E-state index contributed by atoms with van der Waals surface area (Å²) < 4.78 is 7.32. The Labute approximate surface area is 175 Å². The van der Waals surface area contributed by atoms with E-state index in [9.17, 15) is 0 Å². The lowest BCUT2D eigenvalue weighted by atomic mass is 9.91. The second kappa shape index (κ2) is 8.36. The molecule has 0 aliphatic heterocycles. The van der Waals surface area contributed by atoms with E-state index >= 15 is 0 Å². The third-order valence-electron chi connectivity index (χ3n) is 5.14. The van der Waals surface area contributed by atoms with Crippen LogP contribution in [0.4, 0.5) is 5.95 Å². The molecule has 0 fully saturated rings. The maximum atomic E-state index is 8.00. The first-order valence-electron chi connectivity index (χ1n) is 9.82. The van der Waals surface area contributed by atoms with Crippen molar-refractivity contribution in [3.05, 3.63) is 65.3 Å². The van der Waals surface area contributed by atoms with Gasteiger partial charge in [-0.2, -0.15) is 5.10 Å². The lowest BCUT2D eigenvalue weighted by molar-refractivity contribution is 0.414. The van der Waals surface area contributed by atoms with Gasteiger partial charge in [-0.3, -0.25) is 10.1 Å². The molecule has 8 nitrogen and oxygen atoms in total. The van der Waals surface area contributed by atoms with Gasteiger partial charge in [-0.1, -0.05) is 12.1 Å². The monoisotopic (exact) mass is 403 g/mol. The van der Waals surface area contributed by atoms with Crippen LogP contribution >= 0.6 is 0 Å². The van der Waals surface area contributed by atoms with Crippen molar-refractivity contribution in [2.45, 2.75) is 19.3 Å². The highest BCUT2D eigenvalue weighted by Crippen LogP contribution is 2.35. The van der Waals surface area contributed by atoms with E-state index in [1.807, 2.05) is 36.1 Å². The zero-order chi connectivity index (χ0) is 21.1. The van der Waals surface area contributed by atoms with Crippen LogP contribution in [0.15, 0.2) is 42.7 Å². The van der Waals surface area contributed by atoms with Crippen molar-refractivity contribution in [2.24, 2.45) is 7.05 Å². The Hall–Kier alpha value is -3.68. The largest absolute Gasteiger partial charge is 0.497 e. The molecule has 1 aromatic carbocycles. The molecule has 2 heterocycles. The molecule has 0 radical (unpaired) electrons. The third kappa shape index (κ3) is 3.89. The number of ether oxygens (including phenoxy) is 1. The number of amidine groups is 1. The minimum Gasteiger partial charge on any atom is -0.497 e. The van der Waals surface area contributed by atoms with Gasteiger partial charge in [0, 0.05) is 32.3 Å². The molecule has 154 valence electrons. The van der Waals surface area contributed by atoms with E-state index in [4.69, 9.17) is 20.2 Å². The van der Waals surface area contributed by atoms with Crippen LogP contribution in [0.2, 0.25) is 0 Å². The van der Waals surface area contributed by atoms with Gasteiger partial charge in [-0.15, -0.1) is 0 Å². The van der Waals surface area contributed by atoms with Crippen molar-refractivity contribution >= 4 is 11.8 Å². The second-order valence-electron chi connectivity index (χ2n) is 7.15. The van der Waals surface area contributed by atoms with Crippen molar-refractivity contribution in [3.63, 3.8) is 0 Å². The molecule has 0 amide bonds. The number of fused-ring (bicyclic) bond motifs is 3. The number of nitrogens with one attached hydrogen (secondary N) is 3. The number of anilines is 1. The fraction of sp³-hybridized carbons (Fsp3) is 0.273. The first-order chi connectivity index (χ1) is 14.6. The Bertz CT molecular complexity index is 1120. The van der Waals surface area contributed by atoms with Gasteiger partial charge in [0.25, 0.3) is 0 Å². The van der Waals surface area contributed by atoms with E-state index in [0.29, 0.717) is 5.95 Å². The van der Waals surface area contributed by atoms with Crippen molar-refractivity contribution in [2.75, 3.05) is 19.5 Å². The summed E-state index contributed by atoms with van der Waals surface area (Å²) in [5.74, 6) is 1.46. The van der Waals surface area contributed by atoms with Crippen LogP contribution in [0.1, 0.15) is 22.5 Å². The molecule has 0 saturated carbocycles. The third-order valence-corrected chi connectivity index (χ3v) is 5.14. The van der Waals surface area contributed by atoms with E-state index in [2.05, 4.69) is 21.7 Å². The van der Waals surface area contributed by atoms with Gasteiger partial charge in [0.05, 0.1) is 24.2 Å². The van der Waals surface area contributed by atoms with Gasteiger partial charge < -0.3 is 15.4 Å². The zero-order valence-corrected chi connectivity index (χ0v) is 17.4. The molecular formula is C22H25N7O. The van der Waals surface area contributed by atoms with E-state index in [-0.39, 0.29) is 5.84 Å². The molecule has 2 aromatic heterocycles. The summed E-state index contributed by atoms with van der Waals surface area (Å²) in [6.07, 6.45) is 7.60. The molecule has 8 heteroatoms. The SMILES string of the molecule is CN/C=C\C(=N)Nc1ncc2c(n1)-c1c(nn(C)c1Cc1cccc(OC)c1)CC2. The van der Waals surface area contributed by atoms with Crippen molar-refractivity contribution in [1.82, 2.24) is 25.1 Å². The Morgan fingerprint density at radius 2 is 2.20 bits per heavy atom. The fourth-order valence-electron chi connectivity index (χ4n) is 3.69. The van der Waals surface area contributed by atoms with Crippen molar-refractivity contribution in [3.8, 4) is 17.0 Å². The molecule has 0 saturated heterocycles. The molecule has 0 unspecified atom stereocenters. The first kappa shape index (κ1) is 19.6. The highest BCUT2D eigenvalue weighted by atomic mass is 16.5. The van der Waals surface area contributed by atoms with Crippen LogP contribution < -0.4 is 15.4 Å². The summed E-state index contributed by atoms with van der Waals surface area (Å²) >= 11 is 0. The second-order valence-corrected chi connectivity index (χ2v) is 7.15. The Kier molecular flexibility index (Phi) is 5.47. The van der Waals surface area contributed by atoms with E-state index in [1.54, 1.807) is 26.4 Å². The molecule has 30 heavy (non-hydrogen) atoms. The van der Waals surface area contributed by atoms with Gasteiger partial charge in [0.2, 0.25) is 5.95 Å². The Morgan fingerprint density at radius 1 is 1.33 bits per heavy atom. The van der Waals surface area contributed by atoms with Gasteiger partial charge in [0.1, 0.15) is 11.6 Å². The lowest BCUT2D eigenvalue weighted by Crippen LogP contribution is -2.14. The highest BCUT2D eigenvalue weighted by Gasteiger charge is 2.26. The molecular weight excluding hydrogens is 378 g/mol. The Morgan fingerprint density at radius 3 is 3.00 bits per heavy atom. The summed E-state index contributed by atoms with van der Waals surface area (Å²) in [7, 11) is 5.44. The number of methoxy groups -OCH3 is 1. The van der Waals surface area contributed by atoms with Crippen molar-refractivity contribution < 1.29 is 4.74 Å². The predicted molar refractivity (Wildman–Crippen MR) is 117 cm³/mol. The number of hydrogen-bond acceptors (Lipinski definition) is 6. The van der Waals surface area contributed by atoms with Crippen LogP contribution in [0, 0.1) is 5.41 Å². The summed E-state index contributed by atoms with van der Waals surface area (Å²) in [5, 5.41) is 18.6. The number of rotatable bonds is 6. The van der Waals surface area contributed by atoms with Crippen molar-refractivity contribution in [1.29, 1.82) is 5.41 Å². The van der Waals surface area contributed by atoms with Crippen LogP contribution in [-0.4, -0.2) is 39.7 Å². The Balaban J connectivity index is 1.71. The number of aryl methyl sites for hydroxylation is 3. The molecule has 3 aromatic rings. The molecule has 0 spiro atoms. The fourth-order valence-corrected chi connectivity index (χ4v) is 3.69. The quantitative estimate of drug-likeness (QED) is 0.432. The van der Waals surface area contributed by atoms with E-state index < -0.39 is 0 Å². The predicted octanol–water partition coefficient (Wildman–Crippen LogP) is 2.70. The average Bonchev–Trinajstić information content (AvgIpc) is 3.08. The summed E-state index contributed by atoms with van der Waals surface area (Å²) in [5.41, 5.74) is 6.38. The highest BCUT2D eigenvalue weighted by molar-refractivity contribution is 6.00. The standard InChI is InChI=1S/C22H25N7O/c1-24-10-9-19(23)26-22-25-13-15-7-8-17-20(21(15)27-22)18(29(2)28-17)12-14-5-4-6-16(11-14)30-3/h4-6,9-11,13,24H,7-8,12H2,1-3H3,(H2,23,25,26,27)/b10-9-. The number of hydrogen-bond donors (Lipinski definition) is 3. The molecule has 3 N–H and O–H groups in total. The maximum absolute atomic E-state index is 8.00. The summed E-state index contributed by atoms with van der Waals surface area (Å²) in [4.78, 5) is 9.15. The summed E-state index contributed by atoms with van der Waals surface area (Å²) in [6.45, 7) is 0.